The van der Waals surface area contributed by atoms with Crippen molar-refractivity contribution in [3.05, 3.63) is 0 Å². The summed E-state index contributed by atoms with van der Waals surface area (Å²) in [5.74, 6) is 0. The molecule has 0 aromatic heterocycles. The van der Waals surface area contributed by atoms with Gasteiger partial charge in [0.1, 0.15) is 0 Å². The number of methoxy groups -OCH3 is 1. The Kier molecular flexibility index (Phi) is 5.32. The van der Waals surface area contributed by atoms with Gasteiger partial charge in [-0.1, -0.05) is 0 Å². The average Bonchev–Trinajstić information content (AvgIpc) is 1.85. The molecule has 0 aliphatic heterocycles. The quantitative estimate of drug-likeness (QED) is 0.444. The molecular formula is C5H11BF3O2-. The average molecular weight is 171 g/mol. The van der Waals surface area contributed by atoms with E-state index in [-0.39, 0.29) is 6.61 Å². The second-order valence-electron chi connectivity index (χ2n) is 2.13. The molecule has 0 saturated heterocycles. The molecular weight excluding hydrogens is 160 g/mol. The van der Waals surface area contributed by atoms with Crippen LogP contribution in [-0.4, -0.2) is 33.8 Å². The number of halogens is 3. The van der Waals surface area contributed by atoms with Gasteiger partial charge in [0.2, 0.25) is 0 Å². The van der Waals surface area contributed by atoms with Crippen LogP contribution in [-0.2, 0) is 9.47 Å². The van der Waals surface area contributed by atoms with Gasteiger partial charge in [0.25, 0.3) is 0 Å². The highest BCUT2D eigenvalue weighted by Gasteiger charge is 2.22. The third-order valence-corrected chi connectivity index (χ3v) is 0.944. The van der Waals surface area contributed by atoms with E-state index in [1.54, 1.807) is 0 Å². The van der Waals surface area contributed by atoms with Crippen molar-refractivity contribution in [3.63, 3.8) is 0 Å². The van der Waals surface area contributed by atoms with Crippen LogP contribution in [0.15, 0.2) is 0 Å². The zero-order valence-corrected chi connectivity index (χ0v) is 6.36. The lowest BCUT2D eigenvalue weighted by molar-refractivity contribution is 0.114. The minimum atomic E-state index is -4.78. The van der Waals surface area contributed by atoms with Gasteiger partial charge < -0.3 is 22.4 Å². The number of ether oxygens (including phenoxy) is 2. The van der Waals surface area contributed by atoms with Crippen molar-refractivity contribution in [3.8, 4) is 0 Å². The number of rotatable bonds is 6. The van der Waals surface area contributed by atoms with Crippen molar-refractivity contribution < 1.29 is 22.4 Å². The maximum atomic E-state index is 11.5. The predicted molar refractivity (Wildman–Crippen MR) is 36.4 cm³/mol. The Balaban J connectivity index is 3.02. The second kappa shape index (κ2) is 5.43. The van der Waals surface area contributed by atoms with E-state index >= 15 is 0 Å². The van der Waals surface area contributed by atoms with Gasteiger partial charge in [0.05, 0.1) is 0 Å². The molecule has 0 aromatic carbocycles. The fourth-order valence-corrected chi connectivity index (χ4v) is 0.522. The largest absolute Gasteiger partial charge is 0.503 e. The first-order valence-electron chi connectivity index (χ1n) is 3.34. The van der Waals surface area contributed by atoms with E-state index < -0.39 is 13.5 Å². The van der Waals surface area contributed by atoms with Crippen molar-refractivity contribution in [2.75, 3.05) is 26.8 Å². The summed E-state index contributed by atoms with van der Waals surface area (Å²) in [6.07, 6.45) is 0.503. The smallest absolute Gasteiger partial charge is 0.447 e. The fraction of sp³-hybridized carbons (Fsp3) is 1.00. The third-order valence-electron chi connectivity index (χ3n) is 0.944. The van der Waals surface area contributed by atoms with Crippen LogP contribution in [0.4, 0.5) is 12.9 Å². The molecule has 0 saturated carbocycles. The summed E-state index contributed by atoms with van der Waals surface area (Å²) in [5.41, 5.74) is 0. The van der Waals surface area contributed by atoms with Crippen LogP contribution >= 0.6 is 0 Å². The number of hydrogen-bond acceptors (Lipinski definition) is 2. The molecule has 0 aromatic rings. The van der Waals surface area contributed by atoms with Gasteiger partial charge in [-0.05, 0) is 6.42 Å². The summed E-state index contributed by atoms with van der Waals surface area (Å²) >= 11 is 0. The molecule has 6 heteroatoms. The minimum absolute atomic E-state index is 0.106. The molecule has 2 nitrogen and oxygen atoms in total. The molecule has 0 bridgehead atoms. The molecule has 11 heavy (non-hydrogen) atoms. The van der Waals surface area contributed by atoms with E-state index in [1.807, 2.05) is 0 Å². The lowest BCUT2D eigenvalue weighted by Gasteiger charge is -2.13. The summed E-state index contributed by atoms with van der Waals surface area (Å²) in [7, 11) is 1.49. The van der Waals surface area contributed by atoms with E-state index in [4.69, 9.17) is 0 Å². The summed E-state index contributed by atoms with van der Waals surface area (Å²) in [6, 6.07) is 0. The molecule has 0 atom stereocenters. The van der Waals surface area contributed by atoms with Crippen molar-refractivity contribution >= 4 is 6.98 Å². The maximum Gasteiger partial charge on any atom is 0.503 e. The van der Waals surface area contributed by atoms with Gasteiger partial charge in [0, 0.05) is 26.8 Å². The second-order valence-corrected chi connectivity index (χ2v) is 2.13. The summed E-state index contributed by atoms with van der Waals surface area (Å²) in [6.45, 7) is -5.35. The van der Waals surface area contributed by atoms with Crippen LogP contribution in [0.5, 0.6) is 0 Å². The molecule has 0 heterocycles. The van der Waals surface area contributed by atoms with Crippen molar-refractivity contribution in [1.29, 1.82) is 0 Å². The molecule has 0 aliphatic rings. The molecule has 0 aliphatic carbocycles. The maximum absolute atomic E-state index is 11.5. The van der Waals surface area contributed by atoms with Crippen molar-refractivity contribution in [1.82, 2.24) is 0 Å². The lowest BCUT2D eigenvalue weighted by atomic mass is 9.95. The van der Waals surface area contributed by atoms with Crippen LogP contribution in [0.25, 0.3) is 0 Å². The monoisotopic (exact) mass is 171 g/mol. The van der Waals surface area contributed by atoms with E-state index in [0.29, 0.717) is 13.0 Å². The van der Waals surface area contributed by atoms with Gasteiger partial charge in [-0.2, -0.15) is 0 Å². The molecule has 0 amide bonds. The highest BCUT2D eigenvalue weighted by atomic mass is 19.4. The Morgan fingerprint density at radius 2 is 1.82 bits per heavy atom. The Hall–Kier alpha value is -0.225. The van der Waals surface area contributed by atoms with Crippen molar-refractivity contribution in [2.24, 2.45) is 0 Å². The Bertz CT molecular complexity index is 96.2. The van der Waals surface area contributed by atoms with Gasteiger partial charge in [-0.3, -0.25) is 0 Å². The first-order chi connectivity index (χ1) is 5.06. The summed E-state index contributed by atoms with van der Waals surface area (Å²) in [4.78, 5) is 0. The minimum Gasteiger partial charge on any atom is -0.447 e. The van der Waals surface area contributed by atoms with Crippen LogP contribution in [0.1, 0.15) is 6.42 Å². The summed E-state index contributed by atoms with van der Waals surface area (Å²) < 4.78 is 43.4. The van der Waals surface area contributed by atoms with E-state index in [2.05, 4.69) is 9.47 Å². The first kappa shape index (κ1) is 10.8. The van der Waals surface area contributed by atoms with E-state index in [9.17, 15) is 12.9 Å². The SMILES string of the molecule is COCCCOC[B-](F)(F)F. The predicted octanol–water partition coefficient (Wildman–Crippen LogP) is 1.43. The fourth-order valence-electron chi connectivity index (χ4n) is 0.522. The molecule has 68 valence electrons. The van der Waals surface area contributed by atoms with E-state index in [0.717, 1.165) is 0 Å². The van der Waals surface area contributed by atoms with Gasteiger partial charge in [0.15, 0.2) is 0 Å². The Labute approximate surface area is 63.7 Å². The summed E-state index contributed by atoms with van der Waals surface area (Å²) in [5, 5.41) is 0. The standard InChI is InChI=1S/C5H11BF3O2/c1-10-3-2-4-11-5-6(7,8)9/h2-5H2,1H3/q-1. The first-order valence-corrected chi connectivity index (χ1v) is 3.34. The van der Waals surface area contributed by atoms with Gasteiger partial charge in [-0.25, -0.2) is 0 Å². The Morgan fingerprint density at radius 3 is 2.27 bits per heavy atom. The topological polar surface area (TPSA) is 18.5 Å². The molecule has 0 spiro atoms. The van der Waals surface area contributed by atoms with Gasteiger partial charge in [-0.15, -0.1) is 0 Å². The van der Waals surface area contributed by atoms with E-state index in [1.165, 1.54) is 7.11 Å². The van der Waals surface area contributed by atoms with Crippen LogP contribution < -0.4 is 0 Å². The molecule has 0 unspecified atom stereocenters. The zero-order valence-electron chi connectivity index (χ0n) is 6.36. The molecule has 0 N–H and O–H groups in total. The lowest BCUT2D eigenvalue weighted by Crippen LogP contribution is -2.24. The van der Waals surface area contributed by atoms with Crippen molar-refractivity contribution in [2.45, 2.75) is 6.42 Å². The van der Waals surface area contributed by atoms with Crippen LogP contribution in [0, 0.1) is 0 Å². The number of hydrogen-bond donors (Lipinski definition) is 0. The third kappa shape index (κ3) is 9.77. The molecule has 0 radical (unpaired) electrons. The molecule has 0 fully saturated rings. The highest BCUT2D eigenvalue weighted by Crippen LogP contribution is 2.07. The Morgan fingerprint density at radius 1 is 1.18 bits per heavy atom. The van der Waals surface area contributed by atoms with Gasteiger partial charge >= 0.3 is 6.98 Å². The highest BCUT2D eigenvalue weighted by molar-refractivity contribution is 6.58. The normalized spacial score (nSPS) is 12.0. The zero-order chi connectivity index (χ0) is 8.74. The van der Waals surface area contributed by atoms with Crippen LogP contribution in [0.2, 0.25) is 0 Å². The molecule has 0 rings (SSSR count). The van der Waals surface area contributed by atoms with Crippen LogP contribution in [0.3, 0.4) is 0 Å².